The molecule has 4 heteroatoms. The van der Waals surface area contributed by atoms with Crippen molar-refractivity contribution in [2.45, 2.75) is 213 Å². The highest BCUT2D eigenvalue weighted by molar-refractivity contribution is 5.69. The van der Waals surface area contributed by atoms with Crippen LogP contribution in [0.25, 0.3) is 0 Å². The number of aliphatic carboxylic acids is 1. The zero-order valence-electron chi connectivity index (χ0n) is 33.4. The molecular weight excluding hydrogens is 629 g/mol. The number of ether oxygens (including phenoxy) is 1. The number of unbranched alkanes of at least 4 members (excludes halogenated alkanes) is 19. The lowest BCUT2D eigenvalue weighted by Gasteiger charge is -2.14. The summed E-state index contributed by atoms with van der Waals surface area (Å²) in [6.07, 6.45) is 59.5. The lowest BCUT2D eigenvalue weighted by Crippen LogP contribution is -2.16. The first-order chi connectivity index (χ1) is 25.1. The van der Waals surface area contributed by atoms with Gasteiger partial charge in [-0.25, -0.2) is 0 Å². The fourth-order valence-electron chi connectivity index (χ4n) is 6.01. The van der Waals surface area contributed by atoms with Gasteiger partial charge < -0.3 is 9.84 Å². The second kappa shape index (κ2) is 41.8. The molecule has 0 aliphatic heterocycles. The van der Waals surface area contributed by atoms with E-state index in [1.54, 1.807) is 0 Å². The maximum Gasteiger partial charge on any atom is 0.306 e. The Morgan fingerprint density at radius 1 is 0.471 bits per heavy atom. The standard InChI is InChI=1S/C47H80O4/c1-3-5-7-9-11-13-14-15-16-17-18-19-20-21-22-23-24-25-26-28-30-36-40-44-47(50)51-45(41-37-33-29-27-12-10-8-6-4-2)42-38-34-31-32-35-39-43-46(48)49/h5,7,11,13,15-16,18-19,27,29,37,41,45H,3-4,6,8-10,12,14,17,20-26,28,30-36,38-40,42-44H2,1-2H3,(H,48,49)/b7-5-,13-11-,16-15-,19-18-,29-27-,41-37-. The van der Waals surface area contributed by atoms with Crippen molar-refractivity contribution in [1.29, 1.82) is 0 Å². The summed E-state index contributed by atoms with van der Waals surface area (Å²) in [6.45, 7) is 4.41. The maximum absolute atomic E-state index is 12.7. The van der Waals surface area contributed by atoms with Gasteiger partial charge in [-0.3, -0.25) is 9.59 Å². The highest BCUT2D eigenvalue weighted by Gasteiger charge is 2.11. The molecule has 292 valence electrons. The average Bonchev–Trinajstić information content (AvgIpc) is 3.12. The molecule has 0 fully saturated rings. The van der Waals surface area contributed by atoms with Gasteiger partial charge in [0.15, 0.2) is 0 Å². The van der Waals surface area contributed by atoms with E-state index < -0.39 is 5.97 Å². The quantitative estimate of drug-likeness (QED) is 0.0394. The number of carboxylic acids is 1. The molecule has 1 unspecified atom stereocenters. The molecule has 4 nitrogen and oxygen atoms in total. The van der Waals surface area contributed by atoms with Crippen LogP contribution >= 0.6 is 0 Å². The first kappa shape index (κ1) is 48.4. The van der Waals surface area contributed by atoms with E-state index >= 15 is 0 Å². The number of allylic oxidation sites excluding steroid dienone is 11. The highest BCUT2D eigenvalue weighted by atomic mass is 16.5. The summed E-state index contributed by atoms with van der Waals surface area (Å²) in [7, 11) is 0. The average molecular weight is 709 g/mol. The van der Waals surface area contributed by atoms with E-state index in [2.05, 4.69) is 86.8 Å². The van der Waals surface area contributed by atoms with Crippen molar-refractivity contribution in [3.8, 4) is 0 Å². The molecule has 0 spiro atoms. The van der Waals surface area contributed by atoms with Gasteiger partial charge in [-0.05, 0) is 89.5 Å². The predicted octanol–water partition coefficient (Wildman–Crippen LogP) is 15.1. The molecule has 0 saturated heterocycles. The van der Waals surface area contributed by atoms with Gasteiger partial charge >= 0.3 is 11.9 Å². The van der Waals surface area contributed by atoms with Crippen molar-refractivity contribution in [2.24, 2.45) is 0 Å². The summed E-state index contributed by atoms with van der Waals surface area (Å²) < 4.78 is 5.92. The van der Waals surface area contributed by atoms with Crippen LogP contribution in [-0.2, 0) is 14.3 Å². The number of carbonyl (C=O) groups excluding carboxylic acids is 1. The molecule has 51 heavy (non-hydrogen) atoms. The molecule has 0 aliphatic carbocycles. The van der Waals surface area contributed by atoms with Gasteiger partial charge in [0.25, 0.3) is 0 Å². The minimum absolute atomic E-state index is 0.0601. The van der Waals surface area contributed by atoms with Crippen molar-refractivity contribution >= 4 is 11.9 Å². The van der Waals surface area contributed by atoms with Crippen LogP contribution in [0.2, 0.25) is 0 Å². The molecule has 0 saturated carbocycles. The lowest BCUT2D eigenvalue weighted by atomic mass is 10.0. The largest absolute Gasteiger partial charge is 0.481 e. The van der Waals surface area contributed by atoms with Crippen molar-refractivity contribution in [3.05, 3.63) is 72.9 Å². The van der Waals surface area contributed by atoms with Gasteiger partial charge in [-0.15, -0.1) is 0 Å². The summed E-state index contributed by atoms with van der Waals surface area (Å²) in [5, 5.41) is 8.79. The number of carboxylic acid groups (broad SMARTS) is 1. The van der Waals surface area contributed by atoms with E-state index in [0.29, 0.717) is 6.42 Å². The Hall–Kier alpha value is -2.62. The van der Waals surface area contributed by atoms with Crippen LogP contribution in [-0.4, -0.2) is 23.1 Å². The number of carbonyl (C=O) groups is 2. The summed E-state index contributed by atoms with van der Waals surface area (Å²) in [5.41, 5.74) is 0. The van der Waals surface area contributed by atoms with Crippen molar-refractivity contribution < 1.29 is 19.4 Å². The van der Waals surface area contributed by atoms with Crippen LogP contribution in [0.15, 0.2) is 72.9 Å². The topological polar surface area (TPSA) is 63.6 Å². The van der Waals surface area contributed by atoms with E-state index in [4.69, 9.17) is 9.84 Å². The first-order valence-corrected chi connectivity index (χ1v) is 21.4. The SMILES string of the molecule is CC/C=C\C/C=C\C/C=C\C/C=C\CCCCCCCCCCCCC(=O)OC(/C=C\C/C=C\CCCCCC)CCCCCCCCC(=O)O. The zero-order valence-corrected chi connectivity index (χ0v) is 33.4. The molecule has 1 N–H and O–H groups in total. The normalized spacial score (nSPS) is 13.0. The highest BCUT2D eigenvalue weighted by Crippen LogP contribution is 2.16. The van der Waals surface area contributed by atoms with E-state index in [1.807, 2.05) is 0 Å². The predicted molar refractivity (Wildman–Crippen MR) is 222 cm³/mol. The van der Waals surface area contributed by atoms with Crippen LogP contribution in [0.5, 0.6) is 0 Å². The molecule has 0 heterocycles. The van der Waals surface area contributed by atoms with Gasteiger partial charge in [-0.1, -0.05) is 177 Å². The van der Waals surface area contributed by atoms with Gasteiger partial charge in [0, 0.05) is 12.8 Å². The van der Waals surface area contributed by atoms with E-state index in [1.165, 1.54) is 83.5 Å². The minimum atomic E-state index is -0.705. The Morgan fingerprint density at radius 3 is 1.39 bits per heavy atom. The summed E-state index contributed by atoms with van der Waals surface area (Å²) in [5.74, 6) is -0.765. The molecule has 0 bridgehead atoms. The summed E-state index contributed by atoms with van der Waals surface area (Å²) in [4.78, 5) is 23.3. The van der Waals surface area contributed by atoms with Gasteiger partial charge in [0.1, 0.15) is 6.10 Å². The van der Waals surface area contributed by atoms with Crippen molar-refractivity contribution in [2.75, 3.05) is 0 Å². The molecule has 1 atom stereocenters. The van der Waals surface area contributed by atoms with E-state index in [-0.39, 0.29) is 18.5 Å². The van der Waals surface area contributed by atoms with Gasteiger partial charge in [0.2, 0.25) is 0 Å². The third kappa shape index (κ3) is 41.7. The minimum Gasteiger partial charge on any atom is -0.481 e. The second-order valence-electron chi connectivity index (χ2n) is 14.1. The molecule has 0 aliphatic rings. The van der Waals surface area contributed by atoms with E-state index in [9.17, 15) is 9.59 Å². The molecule has 0 amide bonds. The van der Waals surface area contributed by atoms with Crippen LogP contribution in [0.1, 0.15) is 206 Å². The zero-order chi connectivity index (χ0) is 37.1. The van der Waals surface area contributed by atoms with E-state index in [0.717, 1.165) is 96.3 Å². The molecule has 0 aromatic carbocycles. The second-order valence-corrected chi connectivity index (χ2v) is 14.1. The Bertz CT molecular complexity index is 938. The van der Waals surface area contributed by atoms with Crippen molar-refractivity contribution in [3.63, 3.8) is 0 Å². The Labute approximate surface area is 316 Å². The number of esters is 1. The van der Waals surface area contributed by atoms with Gasteiger partial charge in [-0.2, -0.15) is 0 Å². The molecule has 0 rings (SSSR count). The monoisotopic (exact) mass is 709 g/mol. The number of hydrogen-bond acceptors (Lipinski definition) is 3. The number of hydrogen-bond donors (Lipinski definition) is 1. The molecular formula is C47H80O4. The Kier molecular flexibility index (Phi) is 39.7. The third-order valence-corrected chi connectivity index (χ3v) is 9.15. The Balaban J connectivity index is 3.98. The van der Waals surface area contributed by atoms with Crippen LogP contribution in [0, 0.1) is 0 Å². The summed E-state index contributed by atoms with van der Waals surface area (Å²) in [6, 6.07) is 0. The van der Waals surface area contributed by atoms with Gasteiger partial charge in [0.05, 0.1) is 0 Å². The summed E-state index contributed by atoms with van der Waals surface area (Å²) >= 11 is 0. The molecule has 0 aromatic heterocycles. The molecule has 0 aromatic rings. The fourth-order valence-corrected chi connectivity index (χ4v) is 6.01. The van der Waals surface area contributed by atoms with Crippen LogP contribution in [0.3, 0.4) is 0 Å². The van der Waals surface area contributed by atoms with Crippen LogP contribution in [0.4, 0.5) is 0 Å². The van der Waals surface area contributed by atoms with Crippen LogP contribution < -0.4 is 0 Å². The smallest absolute Gasteiger partial charge is 0.306 e. The first-order valence-electron chi connectivity index (χ1n) is 21.4. The number of rotatable bonds is 38. The Morgan fingerprint density at radius 2 is 0.882 bits per heavy atom. The maximum atomic E-state index is 12.7. The van der Waals surface area contributed by atoms with Crippen molar-refractivity contribution in [1.82, 2.24) is 0 Å². The fraction of sp³-hybridized carbons (Fsp3) is 0.702. The molecule has 0 radical (unpaired) electrons. The third-order valence-electron chi connectivity index (χ3n) is 9.15. The lowest BCUT2D eigenvalue weighted by molar-refractivity contribution is -0.147.